The molecule has 0 aliphatic carbocycles. The summed E-state index contributed by atoms with van der Waals surface area (Å²) in [7, 11) is 1.19. The van der Waals surface area contributed by atoms with Crippen molar-refractivity contribution in [2.24, 2.45) is 0 Å². The van der Waals surface area contributed by atoms with E-state index in [2.05, 4.69) is 5.32 Å². The molecular weight excluding hydrogens is 356 g/mol. The largest absolute Gasteiger partial charge is 0.497 e. The Balaban J connectivity index is 2.18. The summed E-state index contributed by atoms with van der Waals surface area (Å²) in [6.07, 6.45) is 0. The van der Waals surface area contributed by atoms with E-state index in [-0.39, 0.29) is 11.7 Å². The van der Waals surface area contributed by atoms with Crippen LogP contribution < -0.4 is 19.1 Å². The van der Waals surface area contributed by atoms with Crippen LogP contribution in [0, 0.1) is 0 Å². The summed E-state index contributed by atoms with van der Waals surface area (Å²) in [5, 5.41) is 2.77. The second kappa shape index (κ2) is 8.09. The van der Waals surface area contributed by atoms with Gasteiger partial charge in [-0.05, 0) is 43.3 Å². The fraction of sp³-hybridized carbons (Fsp3) is 0.278. The normalized spacial score (nSPS) is 10.9. The quantitative estimate of drug-likeness (QED) is 0.801. The van der Waals surface area contributed by atoms with Gasteiger partial charge in [0.25, 0.3) is 5.91 Å². The standard InChI is InChI=1S/C18H22N2O5S/c1-5-26(22,23)20(2)14-8-6-13(7-9-14)18(21)19-16-11-10-15(24-3)12-17(16)25-4/h6-12H,5H2,1-4H3,(H,19,21). The lowest BCUT2D eigenvalue weighted by atomic mass is 10.2. The van der Waals surface area contributed by atoms with Gasteiger partial charge in [0.1, 0.15) is 11.5 Å². The van der Waals surface area contributed by atoms with Crippen LogP contribution >= 0.6 is 0 Å². The van der Waals surface area contributed by atoms with E-state index in [4.69, 9.17) is 9.47 Å². The Labute approximate surface area is 153 Å². The Kier molecular flexibility index (Phi) is 6.10. The smallest absolute Gasteiger partial charge is 0.255 e. The number of rotatable bonds is 7. The first kappa shape index (κ1) is 19.6. The van der Waals surface area contributed by atoms with Crippen LogP contribution in [0.1, 0.15) is 17.3 Å². The van der Waals surface area contributed by atoms with Crippen molar-refractivity contribution in [3.8, 4) is 11.5 Å². The number of carbonyl (C=O) groups is 1. The van der Waals surface area contributed by atoms with Crippen LogP contribution in [0.2, 0.25) is 0 Å². The molecule has 0 radical (unpaired) electrons. The minimum absolute atomic E-state index is 0.00298. The monoisotopic (exact) mass is 378 g/mol. The molecule has 26 heavy (non-hydrogen) atoms. The number of benzene rings is 2. The van der Waals surface area contributed by atoms with Gasteiger partial charge in [0.15, 0.2) is 0 Å². The second-order valence-corrected chi connectivity index (χ2v) is 7.72. The molecule has 0 spiro atoms. The van der Waals surface area contributed by atoms with E-state index in [1.165, 1.54) is 18.5 Å². The summed E-state index contributed by atoms with van der Waals surface area (Å²) in [5.41, 5.74) is 1.40. The minimum atomic E-state index is -3.34. The Morgan fingerprint density at radius 3 is 2.27 bits per heavy atom. The SMILES string of the molecule is CCS(=O)(=O)N(C)c1ccc(C(=O)Nc2ccc(OC)cc2OC)cc1. The van der Waals surface area contributed by atoms with E-state index in [0.717, 1.165) is 0 Å². The molecule has 2 aromatic rings. The van der Waals surface area contributed by atoms with Crippen LogP contribution in [0.15, 0.2) is 42.5 Å². The molecule has 0 aromatic heterocycles. The number of nitrogens with one attached hydrogen (secondary N) is 1. The van der Waals surface area contributed by atoms with Gasteiger partial charge in [0.2, 0.25) is 10.0 Å². The molecule has 140 valence electrons. The van der Waals surface area contributed by atoms with E-state index in [9.17, 15) is 13.2 Å². The molecule has 2 rings (SSSR count). The van der Waals surface area contributed by atoms with Crippen molar-refractivity contribution >= 4 is 27.3 Å². The maximum atomic E-state index is 12.4. The molecule has 0 atom stereocenters. The summed E-state index contributed by atoms with van der Waals surface area (Å²) >= 11 is 0. The first-order valence-corrected chi connectivity index (χ1v) is 9.53. The number of sulfonamides is 1. The topological polar surface area (TPSA) is 84.9 Å². The van der Waals surface area contributed by atoms with Crippen molar-refractivity contribution in [1.29, 1.82) is 0 Å². The molecule has 0 unspecified atom stereocenters. The number of anilines is 2. The first-order chi connectivity index (χ1) is 12.3. The lowest BCUT2D eigenvalue weighted by Crippen LogP contribution is -2.28. The Morgan fingerprint density at radius 1 is 1.08 bits per heavy atom. The summed E-state index contributed by atoms with van der Waals surface area (Å²) in [5.74, 6) is 0.761. The number of ether oxygens (including phenoxy) is 2. The highest BCUT2D eigenvalue weighted by Crippen LogP contribution is 2.29. The minimum Gasteiger partial charge on any atom is -0.497 e. The number of amides is 1. The third-order valence-corrected chi connectivity index (χ3v) is 5.71. The molecule has 0 saturated heterocycles. The molecule has 0 heterocycles. The van der Waals surface area contributed by atoms with Crippen LogP contribution in [0.5, 0.6) is 11.5 Å². The van der Waals surface area contributed by atoms with Crippen molar-refractivity contribution in [3.63, 3.8) is 0 Å². The predicted octanol–water partition coefficient (Wildman–Crippen LogP) is 2.74. The van der Waals surface area contributed by atoms with Crippen LogP contribution in [0.25, 0.3) is 0 Å². The maximum Gasteiger partial charge on any atom is 0.255 e. The van der Waals surface area contributed by atoms with E-state index in [1.807, 2.05) is 0 Å². The van der Waals surface area contributed by atoms with Crippen LogP contribution in [0.3, 0.4) is 0 Å². The predicted molar refractivity (Wildman–Crippen MR) is 102 cm³/mol. The summed E-state index contributed by atoms with van der Waals surface area (Å²) in [6.45, 7) is 1.58. The van der Waals surface area contributed by atoms with Gasteiger partial charge in [0, 0.05) is 18.7 Å². The van der Waals surface area contributed by atoms with E-state index < -0.39 is 10.0 Å². The number of hydrogen-bond donors (Lipinski definition) is 1. The van der Waals surface area contributed by atoms with Crippen molar-refractivity contribution in [3.05, 3.63) is 48.0 Å². The van der Waals surface area contributed by atoms with Gasteiger partial charge in [0.05, 0.1) is 31.3 Å². The van der Waals surface area contributed by atoms with Gasteiger partial charge in [-0.1, -0.05) is 0 Å². The third kappa shape index (κ3) is 4.26. The zero-order valence-electron chi connectivity index (χ0n) is 15.1. The van der Waals surface area contributed by atoms with Gasteiger partial charge in [-0.25, -0.2) is 8.42 Å². The van der Waals surface area contributed by atoms with E-state index in [1.54, 1.807) is 56.5 Å². The molecule has 0 aliphatic rings. The van der Waals surface area contributed by atoms with Crippen molar-refractivity contribution in [1.82, 2.24) is 0 Å². The van der Waals surface area contributed by atoms with Crippen LogP contribution in [-0.2, 0) is 10.0 Å². The lowest BCUT2D eigenvalue weighted by molar-refractivity contribution is 0.102. The van der Waals surface area contributed by atoms with Gasteiger partial charge in [-0.2, -0.15) is 0 Å². The highest BCUT2D eigenvalue weighted by Gasteiger charge is 2.16. The molecule has 0 aliphatic heterocycles. The third-order valence-electron chi connectivity index (χ3n) is 3.93. The summed E-state index contributed by atoms with van der Waals surface area (Å²) in [6, 6.07) is 11.4. The highest BCUT2D eigenvalue weighted by molar-refractivity contribution is 7.92. The molecular formula is C18H22N2O5S. The van der Waals surface area contributed by atoms with Crippen molar-refractivity contribution in [2.75, 3.05) is 36.6 Å². The van der Waals surface area contributed by atoms with Gasteiger partial charge < -0.3 is 14.8 Å². The van der Waals surface area contributed by atoms with Crippen LogP contribution in [-0.4, -0.2) is 41.3 Å². The first-order valence-electron chi connectivity index (χ1n) is 7.92. The highest BCUT2D eigenvalue weighted by atomic mass is 32.2. The molecule has 0 bridgehead atoms. The number of nitrogens with zero attached hydrogens (tertiary/aromatic N) is 1. The van der Waals surface area contributed by atoms with Crippen LogP contribution in [0.4, 0.5) is 11.4 Å². The molecule has 1 amide bonds. The van der Waals surface area contributed by atoms with Gasteiger partial charge in [-0.3, -0.25) is 9.10 Å². The Morgan fingerprint density at radius 2 is 1.73 bits per heavy atom. The fourth-order valence-electron chi connectivity index (χ4n) is 2.27. The number of methoxy groups -OCH3 is 2. The fourth-order valence-corrected chi connectivity index (χ4v) is 3.10. The molecule has 8 heteroatoms. The second-order valence-electron chi connectivity index (χ2n) is 5.44. The average molecular weight is 378 g/mol. The maximum absolute atomic E-state index is 12.4. The zero-order chi connectivity index (χ0) is 19.3. The van der Waals surface area contributed by atoms with Gasteiger partial charge in [-0.15, -0.1) is 0 Å². The van der Waals surface area contributed by atoms with Crippen molar-refractivity contribution in [2.45, 2.75) is 6.92 Å². The summed E-state index contributed by atoms with van der Waals surface area (Å²) in [4.78, 5) is 12.4. The zero-order valence-corrected chi connectivity index (χ0v) is 16.0. The molecule has 1 N–H and O–H groups in total. The number of hydrogen-bond acceptors (Lipinski definition) is 5. The van der Waals surface area contributed by atoms with E-state index >= 15 is 0 Å². The lowest BCUT2D eigenvalue weighted by Gasteiger charge is -2.18. The Hall–Kier alpha value is -2.74. The number of carbonyl (C=O) groups excluding carboxylic acids is 1. The molecule has 7 nitrogen and oxygen atoms in total. The molecule has 0 fully saturated rings. The van der Waals surface area contributed by atoms with Gasteiger partial charge >= 0.3 is 0 Å². The molecule has 2 aromatic carbocycles. The molecule has 0 saturated carbocycles. The average Bonchev–Trinajstić information content (AvgIpc) is 2.67. The van der Waals surface area contributed by atoms with Crippen molar-refractivity contribution < 1.29 is 22.7 Å². The summed E-state index contributed by atoms with van der Waals surface area (Å²) < 4.78 is 35.4. The Bertz CT molecular complexity index is 879. The van der Waals surface area contributed by atoms with E-state index in [0.29, 0.717) is 28.4 Å².